The summed E-state index contributed by atoms with van der Waals surface area (Å²) >= 11 is 1.47. The van der Waals surface area contributed by atoms with Crippen molar-refractivity contribution in [2.75, 3.05) is 38.5 Å². The van der Waals surface area contributed by atoms with Crippen LogP contribution in [0.1, 0.15) is 65.9 Å². The van der Waals surface area contributed by atoms with E-state index in [0.29, 0.717) is 10.7 Å². The molecular weight excluding hydrogens is 398 g/mol. The zero-order chi connectivity index (χ0) is 20.4. The third-order valence-corrected chi connectivity index (χ3v) is 5.62. The smallest absolute Gasteiger partial charge is 0.258 e. The van der Waals surface area contributed by atoms with Crippen molar-refractivity contribution in [3.8, 4) is 5.88 Å². The van der Waals surface area contributed by atoms with E-state index in [1.54, 1.807) is 0 Å². The van der Waals surface area contributed by atoms with Gasteiger partial charge in [0.15, 0.2) is 5.16 Å². The Hall–Kier alpha value is -0.800. The van der Waals surface area contributed by atoms with E-state index in [9.17, 15) is 9.90 Å². The summed E-state index contributed by atoms with van der Waals surface area (Å²) in [4.78, 5) is 19.4. The number of aromatic hydroxyl groups is 1. The summed E-state index contributed by atoms with van der Waals surface area (Å²) in [7, 11) is 0. The molecule has 164 valence electrons. The minimum atomic E-state index is -0.227. The standard InChI is InChI=1S/C19H37N5O2S.ClH/c1-7-12-15(6)16-17(25)20-19(21-18(16)26)27-14-13-24(22(8-2)9-3)23(10-4)11-5;/h15H,7-14H2,1-6H3,(H2,20,21,25,26);1H. The van der Waals surface area contributed by atoms with E-state index >= 15 is 0 Å². The Morgan fingerprint density at radius 1 is 1.07 bits per heavy atom. The molecule has 1 atom stereocenters. The van der Waals surface area contributed by atoms with Crippen molar-refractivity contribution in [1.82, 2.24) is 25.1 Å². The van der Waals surface area contributed by atoms with Crippen LogP contribution in [0.25, 0.3) is 0 Å². The number of hydrogen-bond donors (Lipinski definition) is 2. The average Bonchev–Trinajstić information content (AvgIpc) is 2.63. The lowest BCUT2D eigenvalue weighted by atomic mass is 9.99. The van der Waals surface area contributed by atoms with E-state index in [1.165, 1.54) is 11.8 Å². The maximum atomic E-state index is 12.4. The highest BCUT2D eigenvalue weighted by molar-refractivity contribution is 7.99. The molecule has 0 aromatic carbocycles. The SMILES string of the molecule is CCCC(C)c1c(O)nc(SCCN(N(CC)CC)N(CC)CC)[nH]c1=O.Cl. The summed E-state index contributed by atoms with van der Waals surface area (Å²) in [5.41, 5.74) is 0.171. The van der Waals surface area contributed by atoms with Crippen LogP contribution in [0.3, 0.4) is 0 Å². The third kappa shape index (κ3) is 7.55. The maximum absolute atomic E-state index is 12.4. The minimum absolute atomic E-state index is 0. The minimum Gasteiger partial charge on any atom is -0.493 e. The molecule has 9 heteroatoms. The molecule has 0 saturated carbocycles. The molecule has 1 aromatic rings. The first-order chi connectivity index (χ1) is 12.9. The molecule has 0 radical (unpaired) electrons. The molecule has 0 saturated heterocycles. The van der Waals surface area contributed by atoms with Gasteiger partial charge < -0.3 is 10.1 Å². The molecule has 0 aliphatic carbocycles. The highest BCUT2D eigenvalue weighted by Gasteiger charge is 2.19. The predicted octanol–water partition coefficient (Wildman–Crippen LogP) is 3.71. The van der Waals surface area contributed by atoms with Crippen molar-refractivity contribution in [3.63, 3.8) is 0 Å². The van der Waals surface area contributed by atoms with Gasteiger partial charge in [-0.1, -0.05) is 59.7 Å². The van der Waals surface area contributed by atoms with Gasteiger partial charge in [0, 0.05) is 38.5 Å². The van der Waals surface area contributed by atoms with Gasteiger partial charge in [-0.2, -0.15) is 10.1 Å². The topological polar surface area (TPSA) is 75.7 Å². The van der Waals surface area contributed by atoms with Crippen LogP contribution >= 0.6 is 24.2 Å². The van der Waals surface area contributed by atoms with Crippen molar-refractivity contribution in [1.29, 1.82) is 0 Å². The van der Waals surface area contributed by atoms with Gasteiger partial charge in [0.05, 0.1) is 5.56 Å². The van der Waals surface area contributed by atoms with Gasteiger partial charge in [-0.05, 0) is 12.3 Å². The number of aromatic nitrogens is 2. The fourth-order valence-corrected chi connectivity index (χ4v) is 4.09. The Morgan fingerprint density at radius 2 is 1.61 bits per heavy atom. The van der Waals surface area contributed by atoms with Gasteiger partial charge in [-0.25, -0.2) is 10.0 Å². The molecule has 0 amide bonds. The molecule has 1 aromatic heterocycles. The van der Waals surface area contributed by atoms with E-state index in [0.717, 1.165) is 51.3 Å². The van der Waals surface area contributed by atoms with Crippen LogP contribution in [0.5, 0.6) is 5.88 Å². The van der Waals surface area contributed by atoms with Crippen LogP contribution in [-0.2, 0) is 0 Å². The molecular formula is C19H38ClN5O2S. The molecule has 0 aliphatic rings. The van der Waals surface area contributed by atoms with E-state index in [2.05, 4.69) is 59.7 Å². The number of nitrogens with zero attached hydrogens (tertiary/aromatic N) is 4. The lowest BCUT2D eigenvalue weighted by Crippen LogP contribution is -2.54. The zero-order valence-electron chi connectivity index (χ0n) is 18.2. The van der Waals surface area contributed by atoms with Crippen molar-refractivity contribution >= 4 is 24.2 Å². The highest BCUT2D eigenvalue weighted by atomic mass is 35.5. The van der Waals surface area contributed by atoms with Gasteiger partial charge in [-0.3, -0.25) is 4.79 Å². The number of aromatic amines is 1. The number of hydrazine groups is 2. The molecule has 0 spiro atoms. The number of nitrogens with one attached hydrogen (secondary N) is 1. The van der Waals surface area contributed by atoms with Crippen LogP contribution < -0.4 is 5.56 Å². The lowest BCUT2D eigenvalue weighted by Gasteiger charge is -2.40. The molecule has 7 nitrogen and oxygen atoms in total. The van der Waals surface area contributed by atoms with Gasteiger partial charge in [-0.15, -0.1) is 12.4 Å². The van der Waals surface area contributed by atoms with Gasteiger partial charge in [0.25, 0.3) is 5.56 Å². The first-order valence-electron chi connectivity index (χ1n) is 10.2. The number of rotatable bonds is 13. The zero-order valence-corrected chi connectivity index (χ0v) is 19.8. The van der Waals surface area contributed by atoms with E-state index in [4.69, 9.17) is 0 Å². The second-order valence-electron chi connectivity index (χ2n) is 6.52. The van der Waals surface area contributed by atoms with Gasteiger partial charge in [0.2, 0.25) is 5.88 Å². The largest absolute Gasteiger partial charge is 0.493 e. The highest BCUT2D eigenvalue weighted by Crippen LogP contribution is 2.25. The predicted molar refractivity (Wildman–Crippen MR) is 120 cm³/mol. The maximum Gasteiger partial charge on any atom is 0.258 e. The Kier molecular flexibility index (Phi) is 13.8. The van der Waals surface area contributed by atoms with Crippen LogP contribution in [0.15, 0.2) is 9.95 Å². The van der Waals surface area contributed by atoms with E-state index in [1.807, 2.05) is 6.92 Å². The number of H-pyrrole nitrogens is 1. The van der Waals surface area contributed by atoms with Gasteiger partial charge in [0.1, 0.15) is 0 Å². The first kappa shape index (κ1) is 27.2. The molecule has 0 fully saturated rings. The Balaban J connectivity index is 0.00000729. The number of thioether (sulfide) groups is 1. The van der Waals surface area contributed by atoms with Crippen LogP contribution in [0.4, 0.5) is 0 Å². The van der Waals surface area contributed by atoms with Crippen LogP contribution in [0, 0.1) is 0 Å². The second kappa shape index (κ2) is 14.2. The third-order valence-electron chi connectivity index (χ3n) is 4.77. The first-order valence-corrected chi connectivity index (χ1v) is 11.1. The van der Waals surface area contributed by atoms with Crippen molar-refractivity contribution in [2.45, 2.75) is 65.5 Å². The van der Waals surface area contributed by atoms with Crippen molar-refractivity contribution in [2.24, 2.45) is 0 Å². The Bertz CT molecular complexity index is 596. The molecule has 2 N–H and O–H groups in total. The summed E-state index contributed by atoms with van der Waals surface area (Å²) < 4.78 is 0. The normalized spacial score (nSPS) is 12.6. The molecule has 1 heterocycles. The fraction of sp³-hybridized carbons (Fsp3) is 0.789. The quantitative estimate of drug-likeness (QED) is 0.278. The van der Waals surface area contributed by atoms with Crippen LogP contribution in [-0.4, -0.2) is 68.7 Å². The fourth-order valence-electron chi connectivity index (χ4n) is 3.33. The molecule has 1 unspecified atom stereocenters. The van der Waals surface area contributed by atoms with Crippen LogP contribution in [0.2, 0.25) is 0 Å². The molecule has 28 heavy (non-hydrogen) atoms. The Morgan fingerprint density at radius 3 is 2.04 bits per heavy atom. The molecule has 0 bridgehead atoms. The molecule has 0 aliphatic heterocycles. The van der Waals surface area contributed by atoms with Crippen molar-refractivity contribution < 1.29 is 5.11 Å². The summed E-state index contributed by atoms with van der Waals surface area (Å²) in [6, 6.07) is 0. The summed E-state index contributed by atoms with van der Waals surface area (Å²) in [5, 5.41) is 17.6. The number of halogens is 1. The monoisotopic (exact) mass is 435 g/mol. The summed E-state index contributed by atoms with van der Waals surface area (Å²) in [6.45, 7) is 17.2. The molecule has 1 rings (SSSR count). The summed E-state index contributed by atoms with van der Waals surface area (Å²) in [6.07, 6.45) is 1.82. The average molecular weight is 436 g/mol. The Labute approximate surface area is 180 Å². The second-order valence-corrected chi connectivity index (χ2v) is 7.60. The van der Waals surface area contributed by atoms with E-state index in [-0.39, 0.29) is 29.8 Å². The number of hydrogen-bond acceptors (Lipinski definition) is 7. The van der Waals surface area contributed by atoms with Gasteiger partial charge >= 0.3 is 0 Å². The summed E-state index contributed by atoms with van der Waals surface area (Å²) in [5.74, 6) is 0.636. The lowest BCUT2D eigenvalue weighted by molar-refractivity contribution is -0.174. The van der Waals surface area contributed by atoms with Crippen molar-refractivity contribution in [3.05, 3.63) is 15.9 Å². The van der Waals surface area contributed by atoms with E-state index < -0.39 is 0 Å².